The quantitative estimate of drug-likeness (QED) is 0.845. The fourth-order valence-corrected chi connectivity index (χ4v) is 1.51. The van der Waals surface area contributed by atoms with Gasteiger partial charge >= 0.3 is 5.97 Å². The topological polar surface area (TPSA) is 63.1 Å². The zero-order valence-corrected chi connectivity index (χ0v) is 8.50. The lowest BCUT2D eigenvalue weighted by molar-refractivity contribution is -0.136. The smallest absolute Gasteiger partial charge is 0.307 e. The fraction of sp³-hybridized carbons (Fsp3) is 0.0833. The fourth-order valence-electron chi connectivity index (χ4n) is 1.51. The third kappa shape index (κ3) is 2.23. The molecule has 2 aromatic rings. The molecule has 0 unspecified atom stereocenters. The van der Waals surface area contributed by atoms with E-state index in [0.29, 0.717) is 11.3 Å². The van der Waals surface area contributed by atoms with Gasteiger partial charge in [0, 0.05) is 24.2 Å². The van der Waals surface area contributed by atoms with Gasteiger partial charge in [-0.2, -0.15) is 0 Å². The molecule has 80 valence electrons. The van der Waals surface area contributed by atoms with E-state index >= 15 is 0 Å². The Morgan fingerprint density at radius 1 is 1.25 bits per heavy atom. The third-order valence-corrected chi connectivity index (χ3v) is 2.17. The number of hydrogen-bond donors (Lipinski definition) is 1. The van der Waals surface area contributed by atoms with Crippen LogP contribution in [-0.4, -0.2) is 21.0 Å². The first-order valence-electron chi connectivity index (χ1n) is 4.83. The number of carbonyl (C=O) groups is 1. The van der Waals surface area contributed by atoms with Crippen molar-refractivity contribution in [2.24, 2.45) is 0 Å². The maximum atomic E-state index is 10.7. The van der Waals surface area contributed by atoms with Crippen molar-refractivity contribution in [3.63, 3.8) is 0 Å². The molecule has 0 saturated carbocycles. The Bertz CT molecular complexity index is 497. The van der Waals surface area contributed by atoms with E-state index in [1.165, 1.54) is 0 Å². The monoisotopic (exact) mass is 214 g/mol. The van der Waals surface area contributed by atoms with Crippen molar-refractivity contribution in [1.82, 2.24) is 9.97 Å². The van der Waals surface area contributed by atoms with Gasteiger partial charge in [0.2, 0.25) is 0 Å². The van der Waals surface area contributed by atoms with Gasteiger partial charge in [-0.3, -0.25) is 14.8 Å². The summed E-state index contributed by atoms with van der Waals surface area (Å²) in [5.74, 6) is -0.863. The summed E-state index contributed by atoms with van der Waals surface area (Å²) in [4.78, 5) is 18.9. The van der Waals surface area contributed by atoms with Crippen LogP contribution in [0.25, 0.3) is 11.3 Å². The highest BCUT2D eigenvalue weighted by atomic mass is 16.4. The van der Waals surface area contributed by atoms with E-state index in [-0.39, 0.29) is 6.42 Å². The first-order valence-corrected chi connectivity index (χ1v) is 4.83. The molecule has 0 fully saturated rings. The zero-order valence-electron chi connectivity index (χ0n) is 8.50. The lowest BCUT2D eigenvalue weighted by Gasteiger charge is -2.05. The average molecular weight is 214 g/mol. The van der Waals surface area contributed by atoms with Gasteiger partial charge in [0.1, 0.15) is 0 Å². The number of rotatable bonds is 3. The van der Waals surface area contributed by atoms with Crippen LogP contribution in [-0.2, 0) is 11.2 Å². The molecule has 2 rings (SSSR count). The van der Waals surface area contributed by atoms with E-state index in [1.54, 1.807) is 36.8 Å². The Morgan fingerprint density at radius 3 is 2.75 bits per heavy atom. The van der Waals surface area contributed by atoms with Crippen LogP contribution in [0.15, 0.2) is 42.9 Å². The second-order valence-electron chi connectivity index (χ2n) is 3.32. The van der Waals surface area contributed by atoms with Crippen molar-refractivity contribution in [1.29, 1.82) is 0 Å². The van der Waals surface area contributed by atoms with Crippen molar-refractivity contribution in [3.05, 3.63) is 48.4 Å². The minimum Gasteiger partial charge on any atom is -0.481 e. The molecule has 0 amide bonds. The zero-order chi connectivity index (χ0) is 11.4. The summed E-state index contributed by atoms with van der Waals surface area (Å²) < 4.78 is 0. The molecule has 0 atom stereocenters. The lowest BCUT2D eigenvalue weighted by atomic mass is 10.1. The highest BCUT2D eigenvalue weighted by molar-refractivity contribution is 5.74. The van der Waals surface area contributed by atoms with Gasteiger partial charge in [-0.05, 0) is 23.8 Å². The van der Waals surface area contributed by atoms with Crippen LogP contribution in [0.4, 0.5) is 0 Å². The molecule has 0 aliphatic carbocycles. The molecule has 2 heterocycles. The maximum Gasteiger partial charge on any atom is 0.307 e. The molecule has 0 radical (unpaired) electrons. The first kappa shape index (κ1) is 10.3. The van der Waals surface area contributed by atoms with Gasteiger partial charge in [0.05, 0.1) is 12.1 Å². The number of carboxylic acids is 1. The highest BCUT2D eigenvalue weighted by Gasteiger charge is 2.09. The second kappa shape index (κ2) is 4.53. The van der Waals surface area contributed by atoms with Crippen LogP contribution in [0.3, 0.4) is 0 Å². The second-order valence-corrected chi connectivity index (χ2v) is 3.32. The SMILES string of the molecule is O=C(O)Cc1cccnc1-c1cccnc1. The van der Waals surface area contributed by atoms with Crippen LogP contribution in [0.2, 0.25) is 0 Å². The molecule has 0 saturated heterocycles. The number of nitrogens with zero attached hydrogens (tertiary/aromatic N) is 2. The summed E-state index contributed by atoms with van der Waals surface area (Å²) in [5.41, 5.74) is 2.21. The average Bonchev–Trinajstić information content (AvgIpc) is 2.30. The summed E-state index contributed by atoms with van der Waals surface area (Å²) in [6, 6.07) is 7.16. The molecular weight excluding hydrogens is 204 g/mol. The largest absolute Gasteiger partial charge is 0.481 e. The molecule has 1 N–H and O–H groups in total. The summed E-state index contributed by atoms with van der Waals surface area (Å²) in [5, 5.41) is 8.79. The third-order valence-electron chi connectivity index (χ3n) is 2.17. The molecule has 0 aromatic carbocycles. The van der Waals surface area contributed by atoms with Gasteiger partial charge in [0.25, 0.3) is 0 Å². The Balaban J connectivity index is 2.44. The van der Waals surface area contributed by atoms with E-state index < -0.39 is 5.97 Å². The van der Waals surface area contributed by atoms with Gasteiger partial charge in [-0.1, -0.05) is 6.07 Å². The van der Waals surface area contributed by atoms with Crippen LogP contribution in [0.5, 0.6) is 0 Å². The first-order chi connectivity index (χ1) is 7.77. The van der Waals surface area contributed by atoms with E-state index in [2.05, 4.69) is 9.97 Å². The van der Waals surface area contributed by atoms with Gasteiger partial charge in [-0.15, -0.1) is 0 Å². The van der Waals surface area contributed by atoms with Crippen molar-refractivity contribution in [3.8, 4) is 11.3 Å². The molecule has 16 heavy (non-hydrogen) atoms. The van der Waals surface area contributed by atoms with E-state index in [0.717, 1.165) is 5.56 Å². The number of pyridine rings is 2. The van der Waals surface area contributed by atoms with Crippen LogP contribution in [0, 0.1) is 0 Å². The minimum absolute atomic E-state index is 0.0297. The van der Waals surface area contributed by atoms with Crippen LogP contribution in [0.1, 0.15) is 5.56 Å². The predicted octanol–water partition coefficient (Wildman–Crippen LogP) is 1.77. The molecule has 4 heteroatoms. The number of aliphatic carboxylic acids is 1. The van der Waals surface area contributed by atoms with E-state index in [4.69, 9.17) is 5.11 Å². The van der Waals surface area contributed by atoms with Gasteiger partial charge in [0.15, 0.2) is 0 Å². The molecular formula is C12H10N2O2. The Hall–Kier alpha value is -2.23. The predicted molar refractivity (Wildman–Crippen MR) is 58.8 cm³/mol. The van der Waals surface area contributed by atoms with Crippen LogP contribution < -0.4 is 0 Å². The number of aromatic nitrogens is 2. The molecule has 0 bridgehead atoms. The number of hydrogen-bond acceptors (Lipinski definition) is 3. The molecule has 0 aliphatic rings. The molecule has 2 aromatic heterocycles. The number of carboxylic acid groups (broad SMARTS) is 1. The minimum atomic E-state index is -0.863. The van der Waals surface area contributed by atoms with Crippen molar-refractivity contribution < 1.29 is 9.90 Å². The normalized spacial score (nSPS) is 10.0. The van der Waals surface area contributed by atoms with E-state index in [9.17, 15) is 4.79 Å². The summed E-state index contributed by atoms with van der Waals surface area (Å²) in [6.45, 7) is 0. The van der Waals surface area contributed by atoms with Crippen LogP contribution >= 0.6 is 0 Å². The summed E-state index contributed by atoms with van der Waals surface area (Å²) >= 11 is 0. The Labute approximate surface area is 92.6 Å². The summed E-state index contributed by atoms with van der Waals surface area (Å²) in [6.07, 6.45) is 4.96. The van der Waals surface area contributed by atoms with Gasteiger partial charge < -0.3 is 5.11 Å². The standard InChI is InChI=1S/C12H10N2O2/c15-11(16)7-9-3-2-6-14-12(9)10-4-1-5-13-8-10/h1-6,8H,7H2,(H,15,16). The Morgan fingerprint density at radius 2 is 2.06 bits per heavy atom. The van der Waals surface area contributed by atoms with Crippen molar-refractivity contribution >= 4 is 5.97 Å². The van der Waals surface area contributed by atoms with Crippen molar-refractivity contribution in [2.75, 3.05) is 0 Å². The van der Waals surface area contributed by atoms with E-state index in [1.807, 2.05) is 6.07 Å². The van der Waals surface area contributed by atoms with Gasteiger partial charge in [-0.25, -0.2) is 0 Å². The highest BCUT2D eigenvalue weighted by Crippen LogP contribution is 2.20. The lowest BCUT2D eigenvalue weighted by Crippen LogP contribution is -2.02. The molecule has 0 aliphatic heterocycles. The molecule has 4 nitrogen and oxygen atoms in total. The molecule has 0 spiro atoms. The summed E-state index contributed by atoms with van der Waals surface area (Å²) in [7, 11) is 0. The Kier molecular flexibility index (Phi) is 2.91. The van der Waals surface area contributed by atoms with Crippen molar-refractivity contribution in [2.45, 2.75) is 6.42 Å². The maximum absolute atomic E-state index is 10.7.